The van der Waals surface area contributed by atoms with E-state index in [-0.39, 0.29) is 11.2 Å². The molecule has 2 aromatic carbocycles. The molecule has 1 aromatic heterocycles. The molecule has 0 bridgehead atoms. The molecular weight excluding hydrogens is 434 g/mol. The fourth-order valence-electron chi connectivity index (χ4n) is 3.98. The minimum absolute atomic E-state index is 0.0404. The van der Waals surface area contributed by atoms with E-state index in [1.165, 1.54) is 17.3 Å². The van der Waals surface area contributed by atoms with Gasteiger partial charge in [0.05, 0.1) is 25.0 Å². The summed E-state index contributed by atoms with van der Waals surface area (Å²) in [6.07, 6.45) is 2.32. The summed E-state index contributed by atoms with van der Waals surface area (Å²) in [7, 11) is 0. The number of aromatic nitrogens is 3. The molecule has 172 valence electrons. The molecule has 1 saturated carbocycles. The molecule has 0 radical (unpaired) electrons. The molecule has 8 heteroatoms. The van der Waals surface area contributed by atoms with Crippen molar-refractivity contribution in [3.63, 3.8) is 0 Å². The Morgan fingerprint density at radius 1 is 1.09 bits per heavy atom. The monoisotopic (exact) mass is 463 g/mol. The van der Waals surface area contributed by atoms with Crippen molar-refractivity contribution in [2.45, 2.75) is 42.6 Å². The highest BCUT2D eigenvalue weighted by Gasteiger charge is 2.31. The van der Waals surface area contributed by atoms with E-state index in [1.54, 1.807) is 0 Å². The molecule has 1 saturated heterocycles. The Morgan fingerprint density at radius 2 is 1.82 bits per heavy atom. The van der Waals surface area contributed by atoms with Crippen molar-refractivity contribution < 1.29 is 9.53 Å². The number of hydrogen-bond donors (Lipinski definition) is 1. The van der Waals surface area contributed by atoms with Crippen LogP contribution in [0.3, 0.4) is 0 Å². The van der Waals surface area contributed by atoms with E-state index >= 15 is 0 Å². The first-order valence-electron chi connectivity index (χ1n) is 11.5. The summed E-state index contributed by atoms with van der Waals surface area (Å²) in [5.41, 5.74) is 3.16. The fraction of sp³-hybridized carbons (Fsp3) is 0.400. The van der Waals surface area contributed by atoms with E-state index < -0.39 is 0 Å². The van der Waals surface area contributed by atoms with E-state index in [0.29, 0.717) is 5.92 Å². The van der Waals surface area contributed by atoms with Gasteiger partial charge >= 0.3 is 0 Å². The summed E-state index contributed by atoms with van der Waals surface area (Å²) in [6, 6.07) is 18.4. The van der Waals surface area contributed by atoms with Gasteiger partial charge in [-0.25, -0.2) is 0 Å². The second-order valence-corrected chi connectivity index (χ2v) is 9.89. The highest BCUT2D eigenvalue weighted by Crippen LogP contribution is 2.40. The number of nitrogens with one attached hydrogen (secondary N) is 1. The van der Waals surface area contributed by atoms with Gasteiger partial charge < -0.3 is 19.5 Å². The summed E-state index contributed by atoms with van der Waals surface area (Å²) >= 11 is 1.46. The van der Waals surface area contributed by atoms with E-state index in [1.807, 2.05) is 37.3 Å². The third kappa shape index (κ3) is 5.39. The SMILES string of the molecule is CC(Sc1nnc(C2CC2)n1Cc1ccccc1)C(=O)Nc1ccc(N2CCOCC2)cc1. The molecule has 1 N–H and O–H groups in total. The average Bonchev–Trinajstić information content (AvgIpc) is 3.63. The normalized spacial score (nSPS) is 17.1. The molecular formula is C25H29N5O2S. The molecule has 2 heterocycles. The van der Waals surface area contributed by atoms with Gasteiger partial charge in [0.2, 0.25) is 5.91 Å². The number of morpholine rings is 1. The van der Waals surface area contributed by atoms with Gasteiger partial charge in [-0.2, -0.15) is 0 Å². The number of carbonyl (C=O) groups excluding carboxylic acids is 1. The largest absolute Gasteiger partial charge is 0.378 e. The molecule has 1 atom stereocenters. The Balaban J connectivity index is 1.24. The summed E-state index contributed by atoms with van der Waals surface area (Å²) in [4.78, 5) is 15.2. The van der Waals surface area contributed by atoms with Crippen LogP contribution < -0.4 is 10.2 Å². The van der Waals surface area contributed by atoms with Crippen molar-refractivity contribution in [2.24, 2.45) is 0 Å². The Hall–Kier alpha value is -2.84. The van der Waals surface area contributed by atoms with Gasteiger partial charge in [0, 0.05) is 30.4 Å². The lowest BCUT2D eigenvalue weighted by atomic mass is 10.2. The molecule has 7 nitrogen and oxygen atoms in total. The van der Waals surface area contributed by atoms with Crippen molar-refractivity contribution in [2.75, 3.05) is 36.5 Å². The quantitative estimate of drug-likeness (QED) is 0.506. The number of nitrogens with zero attached hydrogens (tertiary/aromatic N) is 4. The molecule has 1 amide bonds. The van der Waals surface area contributed by atoms with Gasteiger partial charge in [0.25, 0.3) is 0 Å². The zero-order valence-electron chi connectivity index (χ0n) is 18.8. The summed E-state index contributed by atoms with van der Waals surface area (Å²) in [5.74, 6) is 1.48. The third-order valence-corrected chi connectivity index (χ3v) is 7.11. The summed E-state index contributed by atoms with van der Waals surface area (Å²) in [6.45, 7) is 5.94. The number of benzene rings is 2. The Bertz CT molecular complexity index is 1080. The third-order valence-electron chi connectivity index (χ3n) is 6.03. The van der Waals surface area contributed by atoms with Crippen LogP contribution in [0.1, 0.15) is 37.1 Å². The van der Waals surface area contributed by atoms with Crippen LogP contribution in [0.15, 0.2) is 59.8 Å². The highest BCUT2D eigenvalue weighted by molar-refractivity contribution is 8.00. The molecule has 33 heavy (non-hydrogen) atoms. The number of ether oxygens (including phenoxy) is 1. The van der Waals surface area contributed by atoms with Crippen molar-refractivity contribution in [1.29, 1.82) is 0 Å². The van der Waals surface area contributed by atoms with Crippen molar-refractivity contribution >= 4 is 29.0 Å². The topological polar surface area (TPSA) is 72.3 Å². The predicted molar refractivity (Wildman–Crippen MR) is 131 cm³/mol. The number of carbonyl (C=O) groups is 1. The van der Waals surface area contributed by atoms with Gasteiger partial charge in [-0.05, 0) is 49.6 Å². The lowest BCUT2D eigenvalue weighted by molar-refractivity contribution is -0.115. The van der Waals surface area contributed by atoms with Crippen LogP contribution in [0, 0.1) is 0 Å². The minimum atomic E-state index is -0.297. The average molecular weight is 464 g/mol. The highest BCUT2D eigenvalue weighted by atomic mass is 32.2. The number of anilines is 2. The van der Waals surface area contributed by atoms with Crippen LogP contribution in [0.2, 0.25) is 0 Å². The Kier molecular flexibility index (Phi) is 6.64. The maximum Gasteiger partial charge on any atom is 0.237 e. The van der Waals surface area contributed by atoms with E-state index in [0.717, 1.165) is 68.0 Å². The fourth-order valence-corrected chi connectivity index (χ4v) is 4.83. The molecule has 5 rings (SSSR count). The molecule has 0 spiro atoms. The summed E-state index contributed by atoms with van der Waals surface area (Å²) < 4.78 is 7.60. The van der Waals surface area contributed by atoms with Crippen LogP contribution in [0.4, 0.5) is 11.4 Å². The van der Waals surface area contributed by atoms with Crippen molar-refractivity contribution in [1.82, 2.24) is 14.8 Å². The van der Waals surface area contributed by atoms with Crippen LogP contribution in [-0.2, 0) is 16.1 Å². The van der Waals surface area contributed by atoms with E-state index in [9.17, 15) is 4.79 Å². The first-order valence-corrected chi connectivity index (χ1v) is 12.4. The zero-order valence-corrected chi connectivity index (χ0v) is 19.6. The second-order valence-electron chi connectivity index (χ2n) is 8.58. The second kappa shape index (κ2) is 9.97. The number of rotatable bonds is 8. The van der Waals surface area contributed by atoms with Crippen molar-refractivity contribution in [3.8, 4) is 0 Å². The maximum atomic E-state index is 12.9. The molecule has 1 aliphatic heterocycles. The Morgan fingerprint density at radius 3 is 2.52 bits per heavy atom. The first-order chi connectivity index (χ1) is 16.2. The summed E-state index contributed by atoms with van der Waals surface area (Å²) in [5, 5.41) is 12.5. The van der Waals surface area contributed by atoms with E-state index in [4.69, 9.17) is 4.74 Å². The zero-order chi connectivity index (χ0) is 22.6. The van der Waals surface area contributed by atoms with Gasteiger partial charge in [0.15, 0.2) is 5.16 Å². The predicted octanol–water partition coefficient (Wildman–Crippen LogP) is 4.16. The number of hydrogen-bond acceptors (Lipinski definition) is 6. The lowest BCUT2D eigenvalue weighted by Crippen LogP contribution is -2.36. The maximum absolute atomic E-state index is 12.9. The molecule has 3 aromatic rings. The van der Waals surface area contributed by atoms with Gasteiger partial charge in [-0.15, -0.1) is 10.2 Å². The number of thioether (sulfide) groups is 1. The van der Waals surface area contributed by atoms with Crippen molar-refractivity contribution in [3.05, 3.63) is 66.0 Å². The van der Waals surface area contributed by atoms with Crippen LogP contribution in [-0.4, -0.2) is 52.2 Å². The first kappa shape index (κ1) is 22.0. The Labute approximate surface area is 198 Å². The van der Waals surface area contributed by atoms with Crippen LogP contribution >= 0.6 is 11.8 Å². The van der Waals surface area contributed by atoms with E-state index in [2.05, 4.69) is 49.2 Å². The van der Waals surface area contributed by atoms with Crippen LogP contribution in [0.25, 0.3) is 0 Å². The standard InChI is InChI=1S/C25H29N5O2S/c1-18(24(31)26-21-9-11-22(12-10-21)29-13-15-32-16-14-29)33-25-28-27-23(20-7-8-20)30(25)17-19-5-3-2-4-6-19/h2-6,9-12,18,20H,7-8,13-17H2,1H3,(H,26,31). The lowest BCUT2D eigenvalue weighted by Gasteiger charge is -2.28. The minimum Gasteiger partial charge on any atom is -0.378 e. The molecule has 1 aliphatic carbocycles. The molecule has 2 fully saturated rings. The van der Waals surface area contributed by atoms with Crippen LogP contribution in [0.5, 0.6) is 0 Å². The number of amides is 1. The van der Waals surface area contributed by atoms with Gasteiger partial charge in [0.1, 0.15) is 5.82 Å². The smallest absolute Gasteiger partial charge is 0.237 e. The molecule has 2 aliphatic rings. The molecule has 1 unspecified atom stereocenters. The van der Waals surface area contributed by atoms with Gasteiger partial charge in [-0.1, -0.05) is 42.1 Å². The van der Waals surface area contributed by atoms with Gasteiger partial charge in [-0.3, -0.25) is 4.79 Å².